The minimum Gasteiger partial charge on any atom is -0.496 e. The topological polar surface area (TPSA) is 34.1 Å². The van der Waals surface area contributed by atoms with E-state index in [1.54, 1.807) is 7.11 Å². The number of aromatic nitrogens is 1. The van der Waals surface area contributed by atoms with Crippen molar-refractivity contribution in [1.29, 1.82) is 0 Å². The fraction of sp³-hybridized carbons (Fsp3) is 0.267. The van der Waals surface area contributed by atoms with E-state index in [1.807, 2.05) is 30.5 Å². The Labute approximate surface area is 108 Å². The molecule has 0 amide bonds. The Morgan fingerprint density at radius 2 is 2.06 bits per heavy atom. The van der Waals surface area contributed by atoms with Gasteiger partial charge in [0.15, 0.2) is 0 Å². The smallest absolute Gasteiger partial charge is 0.121 e. The van der Waals surface area contributed by atoms with E-state index < -0.39 is 0 Å². The third-order valence-corrected chi connectivity index (χ3v) is 2.82. The number of nitrogens with zero attached hydrogens (tertiary/aromatic N) is 1. The summed E-state index contributed by atoms with van der Waals surface area (Å²) in [5.41, 5.74) is 3.47. The fourth-order valence-corrected chi connectivity index (χ4v) is 1.89. The van der Waals surface area contributed by atoms with Crippen molar-refractivity contribution in [3.05, 3.63) is 59.4 Å². The van der Waals surface area contributed by atoms with E-state index >= 15 is 0 Å². The molecule has 0 fully saturated rings. The molecule has 0 spiro atoms. The van der Waals surface area contributed by atoms with Crippen LogP contribution in [0, 0.1) is 6.92 Å². The number of rotatable bonds is 5. The average molecular weight is 242 g/mol. The summed E-state index contributed by atoms with van der Waals surface area (Å²) in [4.78, 5) is 4.27. The minimum absolute atomic E-state index is 0.784. The van der Waals surface area contributed by atoms with Crippen LogP contribution in [0.15, 0.2) is 42.6 Å². The molecule has 3 nitrogen and oxygen atoms in total. The van der Waals surface area contributed by atoms with Gasteiger partial charge in [0.2, 0.25) is 0 Å². The molecule has 3 heteroatoms. The largest absolute Gasteiger partial charge is 0.496 e. The number of hydrogen-bond acceptors (Lipinski definition) is 3. The number of benzene rings is 1. The molecule has 0 saturated heterocycles. The van der Waals surface area contributed by atoms with Gasteiger partial charge in [0.05, 0.1) is 12.8 Å². The number of hydrogen-bond donors (Lipinski definition) is 1. The van der Waals surface area contributed by atoms with E-state index in [0.717, 1.165) is 30.1 Å². The molecule has 0 aliphatic rings. The number of pyridine rings is 1. The fourth-order valence-electron chi connectivity index (χ4n) is 1.89. The van der Waals surface area contributed by atoms with Crippen molar-refractivity contribution in [3.63, 3.8) is 0 Å². The summed E-state index contributed by atoms with van der Waals surface area (Å²) in [6.45, 7) is 3.68. The van der Waals surface area contributed by atoms with Crippen LogP contribution in [0.1, 0.15) is 16.8 Å². The maximum atomic E-state index is 5.24. The Hall–Kier alpha value is -1.87. The van der Waals surface area contributed by atoms with Gasteiger partial charge in [-0.3, -0.25) is 4.98 Å². The minimum atomic E-state index is 0.784. The predicted octanol–water partition coefficient (Wildman–Crippen LogP) is 2.69. The molecule has 94 valence electrons. The lowest BCUT2D eigenvalue weighted by atomic mass is 10.1. The van der Waals surface area contributed by atoms with Gasteiger partial charge in [0.1, 0.15) is 5.75 Å². The zero-order valence-electron chi connectivity index (χ0n) is 10.8. The Kier molecular flexibility index (Phi) is 4.31. The molecule has 1 aromatic carbocycles. The van der Waals surface area contributed by atoms with E-state index in [-0.39, 0.29) is 0 Å². The number of methoxy groups -OCH3 is 1. The molecule has 1 heterocycles. The SMILES string of the molecule is COc1ccc(CNCc2ccccn2)cc1C. The third-order valence-electron chi connectivity index (χ3n) is 2.82. The van der Waals surface area contributed by atoms with Gasteiger partial charge >= 0.3 is 0 Å². The quantitative estimate of drug-likeness (QED) is 0.875. The zero-order valence-corrected chi connectivity index (χ0v) is 10.8. The first-order chi connectivity index (χ1) is 8.79. The molecule has 0 aliphatic carbocycles. The lowest BCUT2D eigenvalue weighted by Gasteiger charge is -2.08. The van der Waals surface area contributed by atoms with Crippen LogP contribution < -0.4 is 10.1 Å². The van der Waals surface area contributed by atoms with Gasteiger partial charge in [-0.15, -0.1) is 0 Å². The molecule has 0 unspecified atom stereocenters. The standard InChI is InChI=1S/C15H18N2O/c1-12-9-13(6-7-15(12)18-2)10-16-11-14-5-3-4-8-17-14/h3-9,16H,10-11H2,1-2H3. The Morgan fingerprint density at radius 1 is 1.17 bits per heavy atom. The molecular weight excluding hydrogens is 224 g/mol. The second-order valence-corrected chi connectivity index (χ2v) is 4.23. The van der Waals surface area contributed by atoms with Crippen LogP contribution in [-0.2, 0) is 13.1 Å². The van der Waals surface area contributed by atoms with E-state index in [2.05, 4.69) is 29.4 Å². The number of aryl methyl sites for hydroxylation is 1. The molecule has 0 atom stereocenters. The van der Waals surface area contributed by atoms with Crippen molar-refractivity contribution >= 4 is 0 Å². The lowest BCUT2D eigenvalue weighted by molar-refractivity contribution is 0.411. The van der Waals surface area contributed by atoms with E-state index in [4.69, 9.17) is 4.74 Å². The van der Waals surface area contributed by atoms with Crippen LogP contribution in [0.4, 0.5) is 0 Å². The summed E-state index contributed by atoms with van der Waals surface area (Å²) in [6, 6.07) is 12.2. The molecule has 0 saturated carbocycles. The first kappa shape index (κ1) is 12.6. The van der Waals surface area contributed by atoms with Gasteiger partial charge in [-0.2, -0.15) is 0 Å². The Balaban J connectivity index is 1.89. The van der Waals surface area contributed by atoms with Crippen LogP contribution in [0.3, 0.4) is 0 Å². The Morgan fingerprint density at radius 3 is 2.72 bits per heavy atom. The highest BCUT2D eigenvalue weighted by Crippen LogP contribution is 2.18. The van der Waals surface area contributed by atoms with Gasteiger partial charge in [0.25, 0.3) is 0 Å². The molecule has 18 heavy (non-hydrogen) atoms. The molecule has 2 aromatic rings. The second kappa shape index (κ2) is 6.17. The molecular formula is C15H18N2O. The molecule has 1 N–H and O–H groups in total. The number of nitrogens with one attached hydrogen (secondary N) is 1. The highest BCUT2D eigenvalue weighted by atomic mass is 16.5. The molecule has 0 bridgehead atoms. The van der Waals surface area contributed by atoms with Crippen LogP contribution in [0.25, 0.3) is 0 Å². The van der Waals surface area contributed by atoms with Crippen molar-refractivity contribution in [1.82, 2.24) is 10.3 Å². The first-order valence-corrected chi connectivity index (χ1v) is 6.04. The molecule has 0 radical (unpaired) electrons. The van der Waals surface area contributed by atoms with Crippen LogP contribution in [-0.4, -0.2) is 12.1 Å². The van der Waals surface area contributed by atoms with Crippen LogP contribution in [0.5, 0.6) is 5.75 Å². The maximum absolute atomic E-state index is 5.24. The van der Waals surface area contributed by atoms with Crippen molar-refractivity contribution in [2.75, 3.05) is 7.11 Å². The average Bonchev–Trinajstić information content (AvgIpc) is 2.40. The van der Waals surface area contributed by atoms with Crippen molar-refractivity contribution < 1.29 is 4.74 Å². The van der Waals surface area contributed by atoms with Gasteiger partial charge in [-0.25, -0.2) is 0 Å². The van der Waals surface area contributed by atoms with Gasteiger partial charge in [-0.1, -0.05) is 18.2 Å². The van der Waals surface area contributed by atoms with Crippen LogP contribution >= 0.6 is 0 Å². The molecule has 1 aromatic heterocycles. The summed E-state index contributed by atoms with van der Waals surface area (Å²) < 4.78 is 5.24. The van der Waals surface area contributed by atoms with Crippen LogP contribution in [0.2, 0.25) is 0 Å². The summed E-state index contributed by atoms with van der Waals surface area (Å²) in [5, 5.41) is 3.38. The summed E-state index contributed by atoms with van der Waals surface area (Å²) in [7, 11) is 1.70. The Bertz CT molecular complexity index is 497. The van der Waals surface area contributed by atoms with E-state index in [9.17, 15) is 0 Å². The summed E-state index contributed by atoms with van der Waals surface area (Å²) in [5.74, 6) is 0.934. The first-order valence-electron chi connectivity index (χ1n) is 6.04. The van der Waals surface area contributed by atoms with Gasteiger partial charge in [0, 0.05) is 19.3 Å². The predicted molar refractivity (Wildman–Crippen MR) is 72.5 cm³/mol. The normalized spacial score (nSPS) is 10.3. The zero-order chi connectivity index (χ0) is 12.8. The molecule has 2 rings (SSSR count). The van der Waals surface area contributed by atoms with Crippen molar-refractivity contribution in [3.8, 4) is 5.75 Å². The van der Waals surface area contributed by atoms with E-state index in [0.29, 0.717) is 0 Å². The van der Waals surface area contributed by atoms with Gasteiger partial charge < -0.3 is 10.1 Å². The number of ether oxygens (including phenoxy) is 1. The highest BCUT2D eigenvalue weighted by Gasteiger charge is 2.00. The second-order valence-electron chi connectivity index (χ2n) is 4.23. The molecule has 0 aliphatic heterocycles. The van der Waals surface area contributed by atoms with Gasteiger partial charge in [-0.05, 0) is 36.2 Å². The maximum Gasteiger partial charge on any atom is 0.121 e. The van der Waals surface area contributed by atoms with E-state index in [1.165, 1.54) is 5.56 Å². The third kappa shape index (κ3) is 3.31. The summed E-state index contributed by atoms with van der Waals surface area (Å²) >= 11 is 0. The monoisotopic (exact) mass is 242 g/mol. The van der Waals surface area contributed by atoms with Crippen molar-refractivity contribution in [2.24, 2.45) is 0 Å². The highest BCUT2D eigenvalue weighted by molar-refractivity contribution is 5.36. The summed E-state index contributed by atoms with van der Waals surface area (Å²) in [6.07, 6.45) is 1.81. The lowest BCUT2D eigenvalue weighted by Crippen LogP contribution is -2.13. The van der Waals surface area contributed by atoms with Crippen molar-refractivity contribution in [2.45, 2.75) is 20.0 Å².